The molecular formula is C24H24N2O6S2. The average Bonchev–Trinajstić information content (AvgIpc) is 3.49. The van der Waals surface area contributed by atoms with Crippen molar-refractivity contribution in [2.24, 2.45) is 35.5 Å². The van der Waals surface area contributed by atoms with E-state index >= 15 is 0 Å². The zero-order valence-electron chi connectivity index (χ0n) is 18.5. The molecule has 1 aromatic carbocycles. The molecule has 1 aromatic heterocycles. The lowest BCUT2D eigenvalue weighted by molar-refractivity contribution is -0.157. The van der Waals surface area contributed by atoms with Crippen LogP contribution in [0.3, 0.4) is 0 Å². The Morgan fingerprint density at radius 3 is 2.44 bits per heavy atom. The fourth-order valence-electron chi connectivity index (χ4n) is 7.11. The highest BCUT2D eigenvalue weighted by Gasteiger charge is 2.70. The van der Waals surface area contributed by atoms with Crippen LogP contribution >= 0.6 is 23.1 Å². The second kappa shape index (κ2) is 7.45. The highest BCUT2D eigenvalue weighted by atomic mass is 32.2. The largest absolute Gasteiger partial charge is 0.508 e. The number of fused-ring (bicyclic) bond motifs is 9. The van der Waals surface area contributed by atoms with Crippen molar-refractivity contribution in [3.63, 3.8) is 0 Å². The topological polar surface area (TPSA) is 128 Å². The number of phenols is 1. The molecule has 2 aliphatic heterocycles. The molecular weight excluding hydrogens is 476 g/mol. The van der Waals surface area contributed by atoms with E-state index in [1.165, 1.54) is 0 Å². The van der Waals surface area contributed by atoms with E-state index in [2.05, 4.69) is 4.98 Å². The molecule has 0 unspecified atom stereocenters. The van der Waals surface area contributed by atoms with Crippen molar-refractivity contribution < 1.29 is 24.6 Å². The van der Waals surface area contributed by atoms with Gasteiger partial charge in [0.15, 0.2) is 0 Å². The Labute approximate surface area is 203 Å². The van der Waals surface area contributed by atoms with Crippen molar-refractivity contribution in [2.45, 2.75) is 42.5 Å². The lowest BCUT2D eigenvalue weighted by Gasteiger charge is -2.43. The molecule has 34 heavy (non-hydrogen) atoms. The number of hydrogen-bond donors (Lipinski definition) is 3. The van der Waals surface area contributed by atoms with Gasteiger partial charge in [0, 0.05) is 21.6 Å². The summed E-state index contributed by atoms with van der Waals surface area (Å²) in [5, 5.41) is 21.3. The maximum absolute atomic E-state index is 13.6. The quantitative estimate of drug-likeness (QED) is 0.551. The zero-order chi connectivity index (χ0) is 24.0. The van der Waals surface area contributed by atoms with Gasteiger partial charge in [0.1, 0.15) is 11.8 Å². The van der Waals surface area contributed by atoms with E-state index in [9.17, 15) is 29.4 Å². The van der Waals surface area contributed by atoms with E-state index < -0.39 is 29.8 Å². The number of thiazole rings is 1. The van der Waals surface area contributed by atoms with E-state index in [1.807, 2.05) is 12.1 Å². The van der Waals surface area contributed by atoms with E-state index in [1.54, 1.807) is 37.7 Å². The molecule has 178 valence electrons. The molecule has 2 amide bonds. The van der Waals surface area contributed by atoms with Crippen LogP contribution in [-0.2, 0) is 14.4 Å². The van der Waals surface area contributed by atoms with Crippen molar-refractivity contribution in [1.82, 2.24) is 9.88 Å². The number of carbonyl (C=O) groups excluding carboxylic acids is 2. The predicted octanol–water partition coefficient (Wildman–Crippen LogP) is 2.72. The third-order valence-electron chi connectivity index (χ3n) is 8.19. The number of imide groups is 1. The van der Waals surface area contributed by atoms with Crippen molar-refractivity contribution >= 4 is 40.9 Å². The van der Waals surface area contributed by atoms with Gasteiger partial charge in [-0.15, -0.1) is 11.8 Å². The molecule has 0 spiro atoms. The van der Waals surface area contributed by atoms with E-state index in [4.69, 9.17) is 0 Å². The second-order valence-electron chi connectivity index (χ2n) is 10.1. The summed E-state index contributed by atoms with van der Waals surface area (Å²) in [6.07, 6.45) is 0.714. The molecule has 3 heterocycles. The summed E-state index contributed by atoms with van der Waals surface area (Å²) < 4.78 is 0. The highest BCUT2D eigenvalue weighted by Crippen LogP contribution is 2.69. The second-order valence-corrected chi connectivity index (χ2v) is 12.3. The van der Waals surface area contributed by atoms with Crippen LogP contribution in [0.5, 0.6) is 5.75 Å². The average molecular weight is 501 g/mol. The van der Waals surface area contributed by atoms with Crippen molar-refractivity contribution in [3.05, 3.63) is 44.4 Å². The fourth-order valence-corrected chi connectivity index (χ4v) is 9.99. The van der Waals surface area contributed by atoms with E-state index in [0.717, 1.165) is 31.7 Å². The smallest absolute Gasteiger partial charge is 0.327 e. The number of nitrogens with zero attached hydrogens (tertiary/aromatic N) is 1. The first kappa shape index (κ1) is 21.9. The first-order valence-corrected chi connectivity index (χ1v) is 13.2. The number of H-pyrrole nitrogens is 1. The van der Waals surface area contributed by atoms with E-state index in [0.29, 0.717) is 6.42 Å². The summed E-state index contributed by atoms with van der Waals surface area (Å²) in [5.74, 6) is -3.75. The van der Waals surface area contributed by atoms with Crippen LogP contribution in [-0.4, -0.2) is 49.2 Å². The first-order valence-electron chi connectivity index (χ1n) is 11.5. The van der Waals surface area contributed by atoms with E-state index in [-0.39, 0.29) is 51.4 Å². The fraction of sp³-hybridized carbons (Fsp3) is 0.500. The van der Waals surface area contributed by atoms with Crippen molar-refractivity contribution in [2.75, 3.05) is 0 Å². The number of aromatic hydroxyl groups is 1. The van der Waals surface area contributed by atoms with Gasteiger partial charge in [0.05, 0.1) is 16.9 Å². The third kappa shape index (κ3) is 2.78. The minimum atomic E-state index is -1.17. The number of nitrogens with one attached hydrogen (secondary N) is 1. The Kier molecular flexibility index (Phi) is 4.80. The van der Waals surface area contributed by atoms with Crippen molar-refractivity contribution in [1.29, 1.82) is 0 Å². The Morgan fingerprint density at radius 1 is 1.12 bits per heavy atom. The van der Waals surface area contributed by atoms with Crippen LogP contribution in [0.2, 0.25) is 0 Å². The van der Waals surface area contributed by atoms with Crippen LogP contribution in [0.4, 0.5) is 0 Å². The third-order valence-corrected chi connectivity index (χ3v) is 10.8. The van der Waals surface area contributed by atoms with Crippen molar-refractivity contribution in [3.8, 4) is 5.75 Å². The number of para-hydroxylation sites is 1. The van der Waals surface area contributed by atoms with Gasteiger partial charge in [-0.3, -0.25) is 19.3 Å². The number of carboxylic acid groups (broad SMARTS) is 1. The molecule has 2 bridgehead atoms. The maximum atomic E-state index is 13.6. The van der Waals surface area contributed by atoms with Gasteiger partial charge in [-0.25, -0.2) is 4.79 Å². The van der Waals surface area contributed by atoms with Gasteiger partial charge in [0.25, 0.3) is 0 Å². The van der Waals surface area contributed by atoms with Crippen LogP contribution in [0, 0.1) is 35.5 Å². The van der Waals surface area contributed by atoms with Crippen LogP contribution in [0.15, 0.2) is 34.1 Å². The number of amides is 2. The summed E-state index contributed by atoms with van der Waals surface area (Å²) >= 11 is 2.70. The molecule has 3 fully saturated rings. The number of thioether (sulfide) groups is 1. The molecule has 0 radical (unpaired) electrons. The van der Waals surface area contributed by atoms with Crippen LogP contribution in [0.1, 0.15) is 36.6 Å². The number of phenolic OH excluding ortho intramolecular Hbond substituents is 1. The number of carboxylic acids is 1. The lowest BCUT2D eigenvalue weighted by Crippen LogP contribution is -2.49. The summed E-state index contributed by atoms with van der Waals surface area (Å²) in [4.78, 5) is 56.0. The number of aromatic amines is 1. The Hall–Kier alpha value is -2.59. The SMILES string of the molecule is CC(C)[C@H](C(=O)O)N1C(=O)[C@H]2[C@@H]3C[C@@H]([C@@H]2C1=O)[C@H]1[C@H](c2ccccc2O)c2sc(=O)[nH]c2S[C@H]31. The number of aliphatic carboxylic acids is 1. The monoisotopic (exact) mass is 500 g/mol. The standard InChI is InChI=1S/C24H24N2O6S2/c1-8(2)17(23(30)31)26-21(28)15-10-7-11(16(15)22(26)29)18-14(10)13(9-5-3-4-6-12(9)27)19-20(33-18)25-24(32)34-19/h3-6,8,10-11,13-18,27H,7H2,1-2H3,(H,25,32)(H,30,31)/t10-,11+,13+,14+,15+,16+,17-,18-/m1/s1. The predicted molar refractivity (Wildman–Crippen MR) is 125 cm³/mol. The molecule has 6 rings (SSSR count). The number of hydrogen-bond acceptors (Lipinski definition) is 7. The molecule has 2 saturated carbocycles. The molecule has 8 nitrogen and oxygen atoms in total. The van der Waals surface area contributed by atoms with Gasteiger partial charge in [-0.05, 0) is 36.2 Å². The van der Waals surface area contributed by atoms with Gasteiger partial charge in [-0.1, -0.05) is 43.4 Å². The molecule has 1 saturated heterocycles. The zero-order valence-corrected chi connectivity index (χ0v) is 20.1. The summed E-state index contributed by atoms with van der Waals surface area (Å²) in [6.45, 7) is 3.42. The van der Waals surface area contributed by atoms with Crippen LogP contribution in [0.25, 0.3) is 0 Å². The molecule has 2 aromatic rings. The molecule has 10 heteroatoms. The number of benzene rings is 1. The minimum absolute atomic E-state index is 0.00682. The number of aromatic nitrogens is 1. The normalized spacial score (nSPS) is 34.3. The highest BCUT2D eigenvalue weighted by molar-refractivity contribution is 8.00. The Balaban J connectivity index is 1.46. The first-order chi connectivity index (χ1) is 16.2. The van der Waals surface area contributed by atoms with Gasteiger partial charge in [-0.2, -0.15) is 0 Å². The minimum Gasteiger partial charge on any atom is -0.508 e. The summed E-state index contributed by atoms with van der Waals surface area (Å²) in [7, 11) is 0. The van der Waals surface area contributed by atoms with Gasteiger partial charge in [0.2, 0.25) is 11.8 Å². The van der Waals surface area contributed by atoms with Crippen LogP contribution < -0.4 is 4.87 Å². The summed E-state index contributed by atoms with van der Waals surface area (Å²) in [5.41, 5.74) is 0.720. The molecule has 8 atom stereocenters. The van der Waals surface area contributed by atoms with Gasteiger partial charge < -0.3 is 15.2 Å². The number of rotatable bonds is 4. The lowest BCUT2D eigenvalue weighted by atomic mass is 9.68. The number of carbonyl (C=O) groups is 3. The van der Waals surface area contributed by atoms with Gasteiger partial charge >= 0.3 is 10.8 Å². The molecule has 2 aliphatic carbocycles. The Bertz CT molecular complexity index is 1280. The molecule has 4 aliphatic rings. The maximum Gasteiger partial charge on any atom is 0.327 e. The number of likely N-dealkylation sites (tertiary alicyclic amines) is 1. The Morgan fingerprint density at radius 2 is 1.79 bits per heavy atom. The molecule has 3 N–H and O–H groups in total. The summed E-state index contributed by atoms with van der Waals surface area (Å²) in [6, 6.07) is 5.91.